The number of pyridine rings is 1. The molecule has 1 rings (SSSR count). The van der Waals surface area contributed by atoms with E-state index in [1.807, 2.05) is 0 Å². The van der Waals surface area contributed by atoms with Crippen molar-refractivity contribution in [3.8, 4) is 11.9 Å². The Morgan fingerprint density at radius 2 is 1.87 bits per heavy atom. The third-order valence-corrected chi connectivity index (χ3v) is 2.55. The van der Waals surface area contributed by atoms with Crippen molar-refractivity contribution in [2.75, 3.05) is 13.6 Å². The Morgan fingerprint density at radius 3 is 2.30 bits per heavy atom. The van der Waals surface area contributed by atoms with Crippen LogP contribution in [0.1, 0.15) is 17.7 Å². The van der Waals surface area contributed by atoms with E-state index in [0.29, 0.717) is 6.07 Å². The van der Waals surface area contributed by atoms with Crippen LogP contribution in [0.15, 0.2) is 12.1 Å². The molecule has 130 valence electrons. The fraction of sp³-hybridized carbons (Fsp3) is 0.500. The number of rotatable bonds is 5. The number of hydrogen-bond donors (Lipinski definition) is 1. The molecule has 1 N–H and O–H groups in total. The van der Waals surface area contributed by atoms with Gasteiger partial charge in [-0.3, -0.25) is 0 Å². The van der Waals surface area contributed by atoms with Crippen molar-refractivity contribution in [1.82, 2.24) is 10.3 Å². The molecule has 0 aliphatic carbocycles. The molecule has 1 aromatic rings. The summed E-state index contributed by atoms with van der Waals surface area (Å²) in [4.78, 5) is 2.99. The summed E-state index contributed by atoms with van der Waals surface area (Å²) in [6, 6.07) is 2.67. The van der Waals surface area contributed by atoms with Gasteiger partial charge in [0.2, 0.25) is 5.88 Å². The number of ether oxygens (including phenoxy) is 1. The van der Waals surface area contributed by atoms with Crippen LogP contribution in [0.25, 0.3) is 0 Å². The molecule has 0 saturated heterocycles. The molecule has 1 heterocycles. The summed E-state index contributed by atoms with van der Waals surface area (Å²) in [6.45, 7) is -0.0783. The maximum absolute atomic E-state index is 12.8. The van der Waals surface area contributed by atoms with Crippen LogP contribution < -0.4 is 10.1 Å². The van der Waals surface area contributed by atoms with Crippen LogP contribution in [0.4, 0.5) is 26.3 Å². The highest BCUT2D eigenvalue weighted by Crippen LogP contribution is 2.32. The molecule has 0 aliphatic rings. The van der Waals surface area contributed by atoms with E-state index in [9.17, 15) is 26.3 Å². The number of halogens is 7. The lowest BCUT2D eigenvalue weighted by Gasteiger charge is -2.22. The van der Waals surface area contributed by atoms with E-state index in [2.05, 4.69) is 15.0 Å². The first kappa shape index (κ1) is 21.3. The molecule has 0 radical (unpaired) electrons. The van der Waals surface area contributed by atoms with Crippen LogP contribution in [0.3, 0.4) is 0 Å². The van der Waals surface area contributed by atoms with Crippen LogP contribution in [0.2, 0.25) is 0 Å². The zero-order valence-corrected chi connectivity index (χ0v) is 12.4. The van der Waals surface area contributed by atoms with Crippen LogP contribution in [-0.4, -0.2) is 30.9 Å². The van der Waals surface area contributed by atoms with E-state index in [1.54, 1.807) is 0 Å². The first-order valence-electron chi connectivity index (χ1n) is 5.96. The van der Waals surface area contributed by atoms with Gasteiger partial charge in [-0.05, 0) is 25.7 Å². The van der Waals surface area contributed by atoms with Crippen LogP contribution in [0, 0.1) is 11.3 Å². The molecule has 4 nitrogen and oxygen atoms in total. The van der Waals surface area contributed by atoms with E-state index in [1.165, 1.54) is 13.1 Å². The van der Waals surface area contributed by atoms with Crippen molar-refractivity contribution >= 4 is 12.4 Å². The van der Waals surface area contributed by atoms with E-state index >= 15 is 0 Å². The molecule has 0 bridgehead atoms. The second kappa shape index (κ2) is 8.21. The summed E-state index contributed by atoms with van der Waals surface area (Å²) < 4.78 is 80.6. The maximum Gasteiger partial charge on any atom is 0.433 e. The van der Waals surface area contributed by atoms with Gasteiger partial charge in [0, 0.05) is 6.42 Å². The lowest BCUT2D eigenvalue weighted by Crippen LogP contribution is -2.37. The number of nitrogens with one attached hydrogen (secondary N) is 1. The van der Waals surface area contributed by atoms with Crippen LogP contribution in [-0.2, 0) is 6.18 Å². The first-order valence-corrected chi connectivity index (χ1v) is 5.96. The number of nitrogens with zero attached hydrogens (tertiary/aromatic N) is 2. The van der Waals surface area contributed by atoms with E-state index in [4.69, 9.17) is 5.26 Å². The minimum absolute atomic E-state index is 0. The van der Waals surface area contributed by atoms with E-state index in [0.717, 1.165) is 6.07 Å². The van der Waals surface area contributed by atoms with E-state index < -0.39 is 42.0 Å². The highest BCUT2D eigenvalue weighted by Gasteiger charge is 2.42. The van der Waals surface area contributed by atoms with Gasteiger partial charge in [0.05, 0.1) is 0 Å². The highest BCUT2D eigenvalue weighted by molar-refractivity contribution is 5.85. The Bertz CT molecular complexity index is 555. The highest BCUT2D eigenvalue weighted by atomic mass is 35.5. The van der Waals surface area contributed by atoms with Gasteiger partial charge in [0.15, 0.2) is 6.10 Å². The van der Waals surface area contributed by atoms with Crippen molar-refractivity contribution in [2.45, 2.75) is 24.9 Å². The Labute approximate surface area is 133 Å². The Morgan fingerprint density at radius 1 is 1.26 bits per heavy atom. The topological polar surface area (TPSA) is 57.9 Å². The average Bonchev–Trinajstić information content (AvgIpc) is 2.40. The van der Waals surface area contributed by atoms with Crippen LogP contribution in [0.5, 0.6) is 5.88 Å². The monoisotopic (exact) mass is 363 g/mol. The fourth-order valence-electron chi connectivity index (χ4n) is 1.47. The summed E-state index contributed by atoms with van der Waals surface area (Å²) in [5.41, 5.74) is -1.94. The van der Waals surface area contributed by atoms with Gasteiger partial charge in [-0.25, -0.2) is 4.98 Å². The second-order valence-corrected chi connectivity index (χ2v) is 4.20. The van der Waals surface area contributed by atoms with Gasteiger partial charge in [0.25, 0.3) is 0 Å². The summed E-state index contributed by atoms with van der Waals surface area (Å²) in [6.07, 6.45) is -12.6. The zero-order valence-electron chi connectivity index (χ0n) is 11.6. The van der Waals surface area contributed by atoms with Crippen molar-refractivity contribution in [3.05, 3.63) is 23.4 Å². The molecular formula is C12H12ClF6N3O. The quantitative estimate of drug-likeness (QED) is 0.815. The summed E-state index contributed by atoms with van der Waals surface area (Å²) >= 11 is 0. The Hall–Kier alpha value is -1.73. The summed E-state index contributed by atoms with van der Waals surface area (Å²) in [5, 5.41) is 11.2. The average molecular weight is 364 g/mol. The molecule has 1 unspecified atom stereocenters. The van der Waals surface area contributed by atoms with Gasteiger partial charge >= 0.3 is 12.4 Å². The lowest BCUT2D eigenvalue weighted by molar-refractivity contribution is -0.197. The molecular weight excluding hydrogens is 352 g/mol. The lowest BCUT2D eigenvalue weighted by atomic mass is 10.2. The fourth-order valence-corrected chi connectivity index (χ4v) is 1.47. The zero-order chi connectivity index (χ0) is 17.0. The third kappa shape index (κ3) is 6.11. The Kier molecular flexibility index (Phi) is 7.60. The summed E-state index contributed by atoms with van der Waals surface area (Å²) in [7, 11) is 1.41. The van der Waals surface area contributed by atoms with Gasteiger partial charge < -0.3 is 10.1 Å². The molecule has 1 atom stereocenters. The molecule has 0 fully saturated rings. The second-order valence-electron chi connectivity index (χ2n) is 4.20. The molecule has 11 heteroatoms. The maximum atomic E-state index is 12.8. The van der Waals surface area contributed by atoms with Gasteiger partial charge in [0.1, 0.15) is 17.3 Å². The van der Waals surface area contributed by atoms with Gasteiger partial charge in [-0.15, -0.1) is 12.4 Å². The van der Waals surface area contributed by atoms with Crippen molar-refractivity contribution in [1.29, 1.82) is 5.26 Å². The van der Waals surface area contributed by atoms with Crippen molar-refractivity contribution in [2.24, 2.45) is 0 Å². The number of nitriles is 1. The predicted molar refractivity (Wildman–Crippen MR) is 70.2 cm³/mol. The number of aromatic nitrogens is 1. The van der Waals surface area contributed by atoms with Crippen molar-refractivity contribution in [3.63, 3.8) is 0 Å². The standard InChI is InChI=1S/C12H11F6N3O.ClH/c1-20-5-4-9(12(16,17)18)22-10-7(6-19)2-3-8(21-10)11(13,14)15;/h2-3,9,20H,4-5H2,1H3;1H. The smallest absolute Gasteiger partial charge is 0.433 e. The SMILES string of the molecule is CNCCC(Oc1nc(C(F)(F)F)ccc1C#N)C(F)(F)F.Cl. The largest absolute Gasteiger partial charge is 0.464 e. The molecule has 0 spiro atoms. The first-order chi connectivity index (χ1) is 10.1. The molecule has 0 aromatic carbocycles. The minimum atomic E-state index is -4.86. The molecule has 23 heavy (non-hydrogen) atoms. The Balaban J connectivity index is 0.00000484. The third-order valence-electron chi connectivity index (χ3n) is 2.55. The molecule has 0 saturated carbocycles. The van der Waals surface area contributed by atoms with Crippen molar-refractivity contribution < 1.29 is 31.1 Å². The van der Waals surface area contributed by atoms with E-state index in [-0.39, 0.29) is 19.0 Å². The molecule has 0 aliphatic heterocycles. The minimum Gasteiger partial charge on any atom is -0.464 e. The molecule has 1 aromatic heterocycles. The predicted octanol–water partition coefficient (Wildman–Crippen LogP) is 3.31. The molecule has 0 amide bonds. The number of hydrogen-bond acceptors (Lipinski definition) is 4. The van der Waals surface area contributed by atoms with Gasteiger partial charge in [-0.1, -0.05) is 0 Å². The number of alkyl halides is 6. The van der Waals surface area contributed by atoms with Gasteiger partial charge in [-0.2, -0.15) is 31.6 Å². The van der Waals surface area contributed by atoms with Crippen LogP contribution >= 0.6 is 12.4 Å². The summed E-state index contributed by atoms with van der Waals surface area (Å²) in [5.74, 6) is -0.990. The normalized spacial score (nSPS) is 13.0.